The van der Waals surface area contributed by atoms with E-state index in [-0.39, 0.29) is 23.7 Å². The van der Waals surface area contributed by atoms with Crippen LogP contribution in [-0.4, -0.2) is 33.9 Å². The molecule has 0 bridgehead atoms. The maximum absolute atomic E-state index is 14.1. The van der Waals surface area contributed by atoms with Crippen LogP contribution in [-0.2, 0) is 6.42 Å². The topological polar surface area (TPSA) is 79.7 Å². The highest BCUT2D eigenvalue weighted by atomic mass is 19.1. The van der Waals surface area contributed by atoms with E-state index >= 15 is 0 Å². The molecular weight excluding hydrogens is 308 g/mol. The van der Waals surface area contributed by atoms with E-state index in [1.165, 1.54) is 12.1 Å². The highest BCUT2D eigenvalue weighted by Crippen LogP contribution is 2.36. The Bertz CT molecular complexity index is 779. The number of carboxylic acids is 1. The molecule has 0 aliphatic carbocycles. The van der Waals surface area contributed by atoms with E-state index in [1.54, 1.807) is 0 Å². The number of benzene rings is 1. The van der Waals surface area contributed by atoms with Crippen molar-refractivity contribution in [1.82, 2.24) is 4.98 Å². The number of aromatic nitrogens is 1. The standard InChI is InChI=1S/C16H13F2NO4/c17-8-1-3-10(13(18)5-8)12-6-14(16(21)22)19-15-11(12)4-2-9(7-20)23-15/h1,3,5-6,9,20H,2,4,7H2,(H,21,22). The van der Waals surface area contributed by atoms with Gasteiger partial charge < -0.3 is 14.9 Å². The Balaban J connectivity index is 2.19. The minimum absolute atomic E-state index is 0.0638. The maximum atomic E-state index is 14.1. The molecule has 5 nitrogen and oxygen atoms in total. The lowest BCUT2D eigenvalue weighted by Crippen LogP contribution is -2.27. The molecule has 1 unspecified atom stereocenters. The van der Waals surface area contributed by atoms with Gasteiger partial charge in [0.2, 0.25) is 5.88 Å². The molecule has 0 radical (unpaired) electrons. The van der Waals surface area contributed by atoms with E-state index < -0.39 is 23.7 Å². The number of hydrogen-bond acceptors (Lipinski definition) is 4. The second-order valence-corrected chi connectivity index (χ2v) is 5.23. The fourth-order valence-corrected chi connectivity index (χ4v) is 2.60. The summed E-state index contributed by atoms with van der Waals surface area (Å²) in [5, 5.41) is 18.4. The number of carbonyl (C=O) groups is 1. The summed E-state index contributed by atoms with van der Waals surface area (Å²) in [5.41, 5.74) is 0.631. The molecule has 23 heavy (non-hydrogen) atoms. The van der Waals surface area contributed by atoms with Gasteiger partial charge in [-0.05, 0) is 36.6 Å². The van der Waals surface area contributed by atoms with Crippen LogP contribution < -0.4 is 4.74 Å². The molecule has 2 heterocycles. The van der Waals surface area contributed by atoms with Crippen LogP contribution in [0.25, 0.3) is 11.1 Å². The number of pyridine rings is 1. The van der Waals surface area contributed by atoms with Gasteiger partial charge in [0.15, 0.2) is 5.69 Å². The van der Waals surface area contributed by atoms with Gasteiger partial charge in [0, 0.05) is 17.2 Å². The van der Waals surface area contributed by atoms with E-state index in [9.17, 15) is 23.8 Å². The monoisotopic (exact) mass is 321 g/mol. The van der Waals surface area contributed by atoms with Gasteiger partial charge >= 0.3 is 5.97 Å². The number of carboxylic acid groups (broad SMARTS) is 1. The van der Waals surface area contributed by atoms with Crippen molar-refractivity contribution in [3.8, 4) is 17.0 Å². The lowest BCUT2D eigenvalue weighted by molar-refractivity contribution is 0.0682. The van der Waals surface area contributed by atoms with Crippen molar-refractivity contribution in [1.29, 1.82) is 0 Å². The summed E-state index contributed by atoms with van der Waals surface area (Å²) in [6.07, 6.45) is 0.456. The average molecular weight is 321 g/mol. The molecule has 0 amide bonds. The molecule has 3 rings (SSSR count). The molecule has 1 aliphatic rings. The Morgan fingerprint density at radius 2 is 2.09 bits per heavy atom. The average Bonchev–Trinajstić information content (AvgIpc) is 2.53. The summed E-state index contributed by atoms with van der Waals surface area (Å²) in [4.78, 5) is 15.2. The molecule has 1 aromatic carbocycles. The van der Waals surface area contributed by atoms with Gasteiger partial charge in [-0.25, -0.2) is 18.6 Å². The zero-order valence-electron chi connectivity index (χ0n) is 11.9. The van der Waals surface area contributed by atoms with Crippen LogP contribution >= 0.6 is 0 Å². The number of ether oxygens (including phenoxy) is 1. The number of fused-ring (bicyclic) bond motifs is 1. The van der Waals surface area contributed by atoms with Gasteiger partial charge in [-0.2, -0.15) is 0 Å². The van der Waals surface area contributed by atoms with Crippen LogP contribution in [0.2, 0.25) is 0 Å². The number of aromatic carboxylic acids is 1. The third-order valence-electron chi connectivity index (χ3n) is 3.72. The molecule has 0 fully saturated rings. The SMILES string of the molecule is O=C(O)c1cc(-c2ccc(F)cc2F)c2c(n1)OC(CO)CC2. The van der Waals surface area contributed by atoms with Crippen LogP contribution in [0.15, 0.2) is 24.3 Å². The maximum Gasteiger partial charge on any atom is 0.354 e. The van der Waals surface area contributed by atoms with E-state index in [2.05, 4.69) is 4.98 Å². The van der Waals surface area contributed by atoms with E-state index in [0.29, 0.717) is 24.0 Å². The van der Waals surface area contributed by atoms with Gasteiger partial charge in [0.1, 0.15) is 17.7 Å². The minimum Gasteiger partial charge on any atom is -0.477 e. The summed E-state index contributed by atoms with van der Waals surface area (Å²) in [5.74, 6) is -2.73. The molecule has 1 atom stereocenters. The molecule has 1 aromatic heterocycles. The zero-order chi connectivity index (χ0) is 16.6. The first-order chi connectivity index (χ1) is 11.0. The highest BCUT2D eigenvalue weighted by Gasteiger charge is 2.26. The lowest BCUT2D eigenvalue weighted by atomic mass is 9.94. The molecule has 0 spiro atoms. The first kappa shape index (κ1) is 15.4. The number of halogens is 2. The highest BCUT2D eigenvalue weighted by molar-refractivity contribution is 5.88. The fraction of sp³-hybridized carbons (Fsp3) is 0.250. The van der Waals surface area contributed by atoms with E-state index in [4.69, 9.17) is 4.74 Å². The summed E-state index contributed by atoms with van der Waals surface area (Å²) in [7, 11) is 0. The zero-order valence-corrected chi connectivity index (χ0v) is 11.9. The van der Waals surface area contributed by atoms with Crippen LogP contribution in [0.4, 0.5) is 8.78 Å². The third-order valence-corrected chi connectivity index (χ3v) is 3.72. The van der Waals surface area contributed by atoms with Crippen molar-refractivity contribution >= 4 is 5.97 Å². The first-order valence-corrected chi connectivity index (χ1v) is 6.99. The van der Waals surface area contributed by atoms with Crippen LogP contribution in [0, 0.1) is 11.6 Å². The quantitative estimate of drug-likeness (QED) is 0.907. The smallest absolute Gasteiger partial charge is 0.354 e. The lowest BCUT2D eigenvalue weighted by Gasteiger charge is -2.26. The van der Waals surface area contributed by atoms with E-state index in [0.717, 1.165) is 12.1 Å². The minimum atomic E-state index is -1.29. The second-order valence-electron chi connectivity index (χ2n) is 5.23. The van der Waals surface area contributed by atoms with E-state index in [1.807, 2.05) is 0 Å². The van der Waals surface area contributed by atoms with Crippen molar-refractivity contribution in [2.24, 2.45) is 0 Å². The van der Waals surface area contributed by atoms with Crippen LogP contribution in [0.5, 0.6) is 5.88 Å². The Labute approximate surface area is 130 Å². The van der Waals surface area contributed by atoms with Crippen molar-refractivity contribution in [3.05, 3.63) is 47.2 Å². The largest absolute Gasteiger partial charge is 0.477 e. The molecular formula is C16H13F2NO4. The van der Waals surface area contributed by atoms with Gasteiger partial charge in [-0.3, -0.25) is 0 Å². The molecule has 120 valence electrons. The summed E-state index contributed by atoms with van der Waals surface area (Å²) >= 11 is 0. The molecule has 7 heteroatoms. The predicted molar refractivity (Wildman–Crippen MR) is 76.4 cm³/mol. The predicted octanol–water partition coefficient (Wildman–Crippen LogP) is 2.41. The molecule has 1 aliphatic heterocycles. The Kier molecular flexibility index (Phi) is 3.96. The van der Waals surface area contributed by atoms with Crippen LogP contribution in [0.3, 0.4) is 0 Å². The molecule has 2 N–H and O–H groups in total. The number of hydrogen-bond donors (Lipinski definition) is 2. The number of aliphatic hydroxyl groups excluding tert-OH is 1. The molecule has 0 saturated carbocycles. The van der Waals surface area contributed by atoms with Gasteiger partial charge in [0.05, 0.1) is 6.61 Å². The molecule has 2 aromatic rings. The summed E-state index contributed by atoms with van der Waals surface area (Å²) < 4.78 is 32.7. The van der Waals surface area contributed by atoms with Crippen molar-refractivity contribution in [2.45, 2.75) is 18.9 Å². The third kappa shape index (κ3) is 2.87. The van der Waals surface area contributed by atoms with Crippen molar-refractivity contribution in [3.63, 3.8) is 0 Å². The fourth-order valence-electron chi connectivity index (χ4n) is 2.60. The molecule has 0 saturated heterocycles. The Morgan fingerprint density at radius 3 is 2.74 bits per heavy atom. The Hall–Kier alpha value is -2.54. The normalized spacial score (nSPS) is 16.6. The second kappa shape index (κ2) is 5.92. The summed E-state index contributed by atoms with van der Waals surface area (Å²) in [6, 6.07) is 4.35. The van der Waals surface area contributed by atoms with Crippen molar-refractivity contribution < 1.29 is 28.5 Å². The summed E-state index contributed by atoms with van der Waals surface area (Å²) in [6.45, 7) is -0.224. The van der Waals surface area contributed by atoms with Gasteiger partial charge in [-0.15, -0.1) is 0 Å². The number of nitrogens with zero attached hydrogens (tertiary/aromatic N) is 1. The van der Waals surface area contributed by atoms with Gasteiger partial charge in [0.25, 0.3) is 0 Å². The number of aliphatic hydroxyl groups is 1. The first-order valence-electron chi connectivity index (χ1n) is 6.99. The van der Waals surface area contributed by atoms with Crippen LogP contribution in [0.1, 0.15) is 22.5 Å². The van der Waals surface area contributed by atoms with Gasteiger partial charge in [-0.1, -0.05) is 0 Å². The van der Waals surface area contributed by atoms with Crippen molar-refractivity contribution in [2.75, 3.05) is 6.61 Å². The Morgan fingerprint density at radius 1 is 1.30 bits per heavy atom. The number of rotatable bonds is 3.